The number of hydrogen-bond acceptors (Lipinski definition) is 4. The first kappa shape index (κ1) is 15.9. The van der Waals surface area contributed by atoms with Gasteiger partial charge in [0.05, 0.1) is 19.8 Å². The Kier molecular flexibility index (Phi) is 4.86. The van der Waals surface area contributed by atoms with Crippen molar-refractivity contribution in [3.63, 3.8) is 0 Å². The summed E-state index contributed by atoms with van der Waals surface area (Å²) in [6, 6.07) is 6.59. The third-order valence-electron chi connectivity index (χ3n) is 4.73. The molecule has 0 amide bonds. The highest BCUT2D eigenvalue weighted by Crippen LogP contribution is 2.37. The molecule has 1 saturated heterocycles. The third kappa shape index (κ3) is 3.20. The minimum absolute atomic E-state index is 0.678. The van der Waals surface area contributed by atoms with Gasteiger partial charge in [-0.1, -0.05) is 6.07 Å². The number of nitrogens with zero attached hydrogens (tertiary/aromatic N) is 3. The van der Waals surface area contributed by atoms with Gasteiger partial charge in [-0.25, -0.2) is 4.98 Å². The SMILES string of the molecule is COc1cccc(-c2nccn2CCC2CCCN2C)c1OC. The van der Waals surface area contributed by atoms with Crippen molar-refractivity contribution in [2.24, 2.45) is 0 Å². The average Bonchev–Trinajstić information content (AvgIpc) is 3.20. The number of likely N-dealkylation sites (tertiary alicyclic amines) is 1. The predicted octanol–water partition coefficient (Wildman–Crippen LogP) is 3.05. The van der Waals surface area contributed by atoms with Crippen LogP contribution in [0.25, 0.3) is 11.4 Å². The number of benzene rings is 1. The van der Waals surface area contributed by atoms with Gasteiger partial charge in [0, 0.05) is 25.0 Å². The monoisotopic (exact) mass is 315 g/mol. The van der Waals surface area contributed by atoms with Gasteiger partial charge in [-0.2, -0.15) is 0 Å². The van der Waals surface area contributed by atoms with Crippen LogP contribution in [0.4, 0.5) is 0 Å². The van der Waals surface area contributed by atoms with Gasteiger partial charge in [0.1, 0.15) is 5.82 Å². The van der Waals surface area contributed by atoms with Crippen molar-refractivity contribution in [3.8, 4) is 22.9 Å². The highest BCUT2D eigenvalue weighted by Gasteiger charge is 2.21. The van der Waals surface area contributed by atoms with E-state index in [-0.39, 0.29) is 0 Å². The number of ether oxygens (including phenoxy) is 2. The minimum atomic E-state index is 0.678. The lowest BCUT2D eigenvalue weighted by Gasteiger charge is -2.20. The van der Waals surface area contributed by atoms with Gasteiger partial charge in [-0.3, -0.25) is 0 Å². The molecular formula is C18H25N3O2. The van der Waals surface area contributed by atoms with Gasteiger partial charge in [0.25, 0.3) is 0 Å². The highest BCUT2D eigenvalue weighted by molar-refractivity contribution is 5.69. The van der Waals surface area contributed by atoms with Gasteiger partial charge in [-0.05, 0) is 45.0 Å². The summed E-state index contributed by atoms with van der Waals surface area (Å²) < 4.78 is 13.2. The van der Waals surface area contributed by atoms with E-state index in [2.05, 4.69) is 21.5 Å². The van der Waals surface area contributed by atoms with Crippen molar-refractivity contribution in [2.75, 3.05) is 27.8 Å². The molecule has 1 unspecified atom stereocenters. The largest absolute Gasteiger partial charge is 0.493 e. The summed E-state index contributed by atoms with van der Waals surface area (Å²) >= 11 is 0. The van der Waals surface area contributed by atoms with Crippen LogP contribution in [-0.2, 0) is 6.54 Å². The molecule has 1 atom stereocenters. The zero-order valence-corrected chi connectivity index (χ0v) is 14.2. The van der Waals surface area contributed by atoms with Crippen molar-refractivity contribution in [3.05, 3.63) is 30.6 Å². The van der Waals surface area contributed by atoms with Gasteiger partial charge in [0.15, 0.2) is 11.5 Å². The first-order valence-corrected chi connectivity index (χ1v) is 8.17. The average molecular weight is 315 g/mol. The molecule has 1 aromatic heterocycles. The molecule has 0 bridgehead atoms. The Morgan fingerprint density at radius 1 is 1.26 bits per heavy atom. The van der Waals surface area contributed by atoms with Crippen molar-refractivity contribution in [1.29, 1.82) is 0 Å². The Morgan fingerprint density at radius 2 is 2.13 bits per heavy atom. The fourth-order valence-electron chi connectivity index (χ4n) is 3.43. The zero-order chi connectivity index (χ0) is 16.2. The summed E-state index contributed by atoms with van der Waals surface area (Å²) in [6.07, 6.45) is 7.65. The zero-order valence-electron chi connectivity index (χ0n) is 14.2. The van der Waals surface area contributed by atoms with E-state index in [1.165, 1.54) is 19.4 Å². The maximum atomic E-state index is 5.55. The van der Waals surface area contributed by atoms with E-state index < -0.39 is 0 Å². The van der Waals surface area contributed by atoms with E-state index in [4.69, 9.17) is 9.47 Å². The molecule has 5 nitrogen and oxygen atoms in total. The summed E-state index contributed by atoms with van der Waals surface area (Å²) in [5.41, 5.74) is 0.969. The van der Waals surface area contributed by atoms with Crippen LogP contribution in [0.1, 0.15) is 19.3 Å². The molecule has 2 aromatic rings. The van der Waals surface area contributed by atoms with Crippen LogP contribution in [0.2, 0.25) is 0 Å². The topological polar surface area (TPSA) is 39.5 Å². The number of hydrogen-bond donors (Lipinski definition) is 0. The van der Waals surface area contributed by atoms with Crippen LogP contribution in [0.3, 0.4) is 0 Å². The molecule has 2 heterocycles. The third-order valence-corrected chi connectivity index (χ3v) is 4.73. The van der Waals surface area contributed by atoms with E-state index in [0.29, 0.717) is 6.04 Å². The van der Waals surface area contributed by atoms with Crippen LogP contribution >= 0.6 is 0 Å². The van der Waals surface area contributed by atoms with Gasteiger partial charge < -0.3 is 18.9 Å². The molecule has 1 fully saturated rings. The molecule has 0 aliphatic carbocycles. The fourth-order valence-corrected chi connectivity index (χ4v) is 3.43. The number of aromatic nitrogens is 2. The summed E-state index contributed by atoms with van der Waals surface area (Å²) in [4.78, 5) is 7.01. The predicted molar refractivity (Wildman–Crippen MR) is 91.0 cm³/mol. The molecule has 124 valence electrons. The van der Waals surface area contributed by atoms with Crippen LogP contribution < -0.4 is 9.47 Å². The Bertz CT molecular complexity index is 653. The van der Waals surface area contributed by atoms with Crippen LogP contribution in [-0.4, -0.2) is 48.3 Å². The first-order valence-electron chi connectivity index (χ1n) is 8.17. The molecular weight excluding hydrogens is 290 g/mol. The number of aryl methyl sites for hydroxylation is 1. The van der Waals surface area contributed by atoms with E-state index in [1.807, 2.05) is 30.6 Å². The Morgan fingerprint density at radius 3 is 2.83 bits per heavy atom. The van der Waals surface area contributed by atoms with Crippen LogP contribution in [0.15, 0.2) is 30.6 Å². The lowest BCUT2D eigenvalue weighted by Crippen LogP contribution is -2.26. The molecule has 1 aromatic carbocycles. The van der Waals surface area contributed by atoms with Crippen molar-refractivity contribution < 1.29 is 9.47 Å². The normalized spacial score (nSPS) is 18.3. The number of imidazole rings is 1. The summed E-state index contributed by atoms with van der Waals surface area (Å²) in [6.45, 7) is 2.18. The summed E-state index contributed by atoms with van der Waals surface area (Å²) in [7, 11) is 5.55. The fraction of sp³-hybridized carbons (Fsp3) is 0.500. The molecule has 0 radical (unpaired) electrons. The number of para-hydroxylation sites is 1. The Balaban J connectivity index is 1.83. The van der Waals surface area contributed by atoms with E-state index in [1.54, 1.807) is 14.2 Å². The lowest BCUT2D eigenvalue weighted by molar-refractivity contribution is 0.286. The Hall–Kier alpha value is -2.01. The summed E-state index contributed by atoms with van der Waals surface area (Å²) in [5, 5.41) is 0. The van der Waals surface area contributed by atoms with E-state index in [0.717, 1.165) is 35.9 Å². The molecule has 0 saturated carbocycles. The number of methoxy groups -OCH3 is 2. The first-order chi connectivity index (χ1) is 11.2. The highest BCUT2D eigenvalue weighted by atomic mass is 16.5. The quantitative estimate of drug-likeness (QED) is 0.821. The lowest BCUT2D eigenvalue weighted by atomic mass is 10.1. The second-order valence-electron chi connectivity index (χ2n) is 6.05. The summed E-state index contributed by atoms with van der Waals surface area (Å²) in [5.74, 6) is 2.40. The second-order valence-corrected chi connectivity index (χ2v) is 6.05. The van der Waals surface area contributed by atoms with Crippen molar-refractivity contribution in [1.82, 2.24) is 14.5 Å². The van der Waals surface area contributed by atoms with E-state index in [9.17, 15) is 0 Å². The van der Waals surface area contributed by atoms with Crippen LogP contribution in [0.5, 0.6) is 11.5 Å². The van der Waals surface area contributed by atoms with Crippen LogP contribution in [0, 0.1) is 0 Å². The van der Waals surface area contributed by atoms with Crippen molar-refractivity contribution in [2.45, 2.75) is 31.8 Å². The molecule has 23 heavy (non-hydrogen) atoms. The number of rotatable bonds is 6. The smallest absolute Gasteiger partial charge is 0.171 e. The van der Waals surface area contributed by atoms with Crippen molar-refractivity contribution >= 4 is 0 Å². The van der Waals surface area contributed by atoms with Gasteiger partial charge in [0.2, 0.25) is 0 Å². The maximum Gasteiger partial charge on any atom is 0.171 e. The van der Waals surface area contributed by atoms with E-state index >= 15 is 0 Å². The second kappa shape index (κ2) is 7.04. The van der Waals surface area contributed by atoms with Gasteiger partial charge >= 0.3 is 0 Å². The standard InChI is InChI=1S/C18H25N3O2/c1-20-11-5-6-14(20)9-12-21-13-10-19-18(21)15-7-4-8-16(22-2)17(15)23-3/h4,7-8,10,13-14H,5-6,9,11-12H2,1-3H3. The molecule has 3 rings (SSSR count). The molecule has 1 aliphatic rings. The molecule has 0 spiro atoms. The molecule has 0 N–H and O–H groups in total. The molecule has 1 aliphatic heterocycles. The Labute approximate surface area is 137 Å². The maximum absolute atomic E-state index is 5.55. The van der Waals surface area contributed by atoms with Gasteiger partial charge in [-0.15, -0.1) is 0 Å². The molecule has 5 heteroatoms. The minimum Gasteiger partial charge on any atom is -0.493 e.